The van der Waals surface area contributed by atoms with E-state index in [1.165, 1.54) is 0 Å². The SMILES string of the molecule is CCCC(=N)c1cccc(-c2cc3c(c(Nc4cccc(OC)c4)n2)C(C=O)NC=C3)c1. The molecule has 1 atom stereocenters. The number of hydrogen-bond donors (Lipinski definition) is 3. The minimum atomic E-state index is -0.492. The molecule has 0 bridgehead atoms. The number of aromatic nitrogens is 1. The minimum Gasteiger partial charge on any atom is -0.497 e. The van der Waals surface area contributed by atoms with Crippen LogP contribution in [0, 0.1) is 5.41 Å². The summed E-state index contributed by atoms with van der Waals surface area (Å²) < 4.78 is 5.34. The normalized spacial score (nSPS) is 14.2. The van der Waals surface area contributed by atoms with Crippen LogP contribution in [-0.4, -0.2) is 24.1 Å². The van der Waals surface area contributed by atoms with Crippen molar-refractivity contribution in [1.82, 2.24) is 10.3 Å². The van der Waals surface area contributed by atoms with Gasteiger partial charge in [-0.15, -0.1) is 0 Å². The van der Waals surface area contributed by atoms with Crippen molar-refractivity contribution in [3.8, 4) is 17.0 Å². The zero-order valence-electron chi connectivity index (χ0n) is 18.2. The molecule has 6 nitrogen and oxygen atoms in total. The lowest BCUT2D eigenvalue weighted by Crippen LogP contribution is -2.22. The first-order valence-electron chi connectivity index (χ1n) is 10.6. The number of aldehydes is 1. The fraction of sp³-hybridized carbons (Fsp3) is 0.192. The van der Waals surface area contributed by atoms with Gasteiger partial charge in [0.15, 0.2) is 0 Å². The number of nitrogens with one attached hydrogen (secondary N) is 3. The van der Waals surface area contributed by atoms with Crippen LogP contribution in [0.2, 0.25) is 0 Å². The monoisotopic (exact) mass is 426 g/mol. The second-order valence-corrected chi connectivity index (χ2v) is 7.64. The van der Waals surface area contributed by atoms with E-state index in [9.17, 15) is 4.79 Å². The molecule has 0 saturated carbocycles. The second-order valence-electron chi connectivity index (χ2n) is 7.64. The summed E-state index contributed by atoms with van der Waals surface area (Å²) >= 11 is 0. The quantitative estimate of drug-likeness (QED) is 0.328. The molecule has 162 valence electrons. The molecule has 0 radical (unpaired) electrons. The van der Waals surface area contributed by atoms with Gasteiger partial charge in [0.05, 0.1) is 12.8 Å². The number of carbonyl (C=O) groups excluding carboxylic acids is 1. The van der Waals surface area contributed by atoms with Gasteiger partial charge < -0.3 is 25.6 Å². The number of carbonyl (C=O) groups is 1. The van der Waals surface area contributed by atoms with Crippen molar-refractivity contribution in [1.29, 1.82) is 5.41 Å². The Labute approximate surface area is 187 Å². The second kappa shape index (κ2) is 9.47. The number of benzene rings is 2. The maximum Gasteiger partial charge on any atom is 0.146 e. The molecule has 2 heterocycles. The predicted octanol–water partition coefficient (Wildman–Crippen LogP) is 5.48. The van der Waals surface area contributed by atoms with Gasteiger partial charge in [-0.2, -0.15) is 0 Å². The first kappa shape index (κ1) is 21.3. The van der Waals surface area contributed by atoms with Crippen molar-refractivity contribution in [2.24, 2.45) is 0 Å². The molecule has 6 heteroatoms. The summed E-state index contributed by atoms with van der Waals surface area (Å²) in [7, 11) is 1.63. The summed E-state index contributed by atoms with van der Waals surface area (Å²) in [5.41, 5.74) is 5.75. The van der Waals surface area contributed by atoms with Gasteiger partial charge in [0, 0.05) is 28.6 Å². The first-order chi connectivity index (χ1) is 15.6. The number of ether oxygens (including phenoxy) is 1. The molecule has 0 aliphatic carbocycles. The van der Waals surface area contributed by atoms with Gasteiger partial charge in [-0.3, -0.25) is 0 Å². The molecule has 3 aromatic rings. The molecule has 1 unspecified atom stereocenters. The first-order valence-corrected chi connectivity index (χ1v) is 10.6. The summed E-state index contributed by atoms with van der Waals surface area (Å²) in [6, 6.07) is 17.0. The highest BCUT2D eigenvalue weighted by molar-refractivity contribution is 5.99. The Bertz CT molecular complexity index is 1190. The Kier molecular flexibility index (Phi) is 6.31. The third-order valence-electron chi connectivity index (χ3n) is 5.42. The lowest BCUT2D eigenvalue weighted by Gasteiger charge is -2.23. The van der Waals surface area contributed by atoms with E-state index in [2.05, 4.69) is 17.6 Å². The third-order valence-corrected chi connectivity index (χ3v) is 5.42. The molecule has 0 fully saturated rings. The zero-order valence-corrected chi connectivity index (χ0v) is 18.2. The third kappa shape index (κ3) is 4.39. The van der Waals surface area contributed by atoms with Crippen LogP contribution in [0.25, 0.3) is 17.3 Å². The van der Waals surface area contributed by atoms with E-state index in [1.807, 2.05) is 60.7 Å². The van der Waals surface area contributed by atoms with Crippen molar-refractivity contribution in [2.45, 2.75) is 25.8 Å². The smallest absolute Gasteiger partial charge is 0.146 e. The van der Waals surface area contributed by atoms with Gasteiger partial charge in [-0.05, 0) is 54.1 Å². The molecule has 0 spiro atoms. The van der Waals surface area contributed by atoms with Crippen LogP contribution in [0.4, 0.5) is 11.5 Å². The Hall–Kier alpha value is -3.93. The maximum absolute atomic E-state index is 11.8. The molecule has 4 rings (SSSR count). The Morgan fingerprint density at radius 2 is 2.06 bits per heavy atom. The van der Waals surface area contributed by atoms with E-state index in [0.717, 1.165) is 58.5 Å². The van der Waals surface area contributed by atoms with Crippen LogP contribution in [0.1, 0.15) is 42.5 Å². The Balaban J connectivity index is 1.81. The highest BCUT2D eigenvalue weighted by Crippen LogP contribution is 2.34. The van der Waals surface area contributed by atoms with Crippen molar-refractivity contribution < 1.29 is 9.53 Å². The van der Waals surface area contributed by atoms with Gasteiger partial charge >= 0.3 is 0 Å². The Morgan fingerprint density at radius 1 is 1.22 bits per heavy atom. The van der Waals surface area contributed by atoms with Crippen molar-refractivity contribution in [3.05, 3.63) is 77.5 Å². The van der Waals surface area contributed by atoms with Crippen LogP contribution in [0.3, 0.4) is 0 Å². The number of methoxy groups -OCH3 is 1. The van der Waals surface area contributed by atoms with Crippen molar-refractivity contribution in [2.75, 3.05) is 12.4 Å². The fourth-order valence-electron chi connectivity index (χ4n) is 3.81. The zero-order chi connectivity index (χ0) is 22.5. The van der Waals surface area contributed by atoms with E-state index in [4.69, 9.17) is 15.1 Å². The average molecular weight is 427 g/mol. The van der Waals surface area contributed by atoms with Crippen LogP contribution in [0.15, 0.2) is 60.8 Å². The molecule has 32 heavy (non-hydrogen) atoms. The number of anilines is 2. The fourth-order valence-corrected chi connectivity index (χ4v) is 3.81. The summed E-state index contributed by atoms with van der Waals surface area (Å²) in [5, 5.41) is 14.8. The van der Waals surface area contributed by atoms with Crippen molar-refractivity contribution >= 4 is 29.6 Å². The standard InChI is InChI=1S/C26H26N4O2/c1-3-6-22(27)17-7-4-8-18(13-17)23-14-19-11-12-28-24(16-31)25(19)26(30-23)29-20-9-5-10-21(15-20)32-2/h4-5,7-16,24,27-28H,3,6H2,1-2H3,(H,29,30). The topological polar surface area (TPSA) is 87.1 Å². The van der Waals surface area contributed by atoms with E-state index in [1.54, 1.807) is 13.3 Å². The van der Waals surface area contributed by atoms with Crippen LogP contribution in [0.5, 0.6) is 5.75 Å². The van der Waals surface area contributed by atoms with E-state index >= 15 is 0 Å². The van der Waals surface area contributed by atoms with Crippen LogP contribution < -0.4 is 15.4 Å². The van der Waals surface area contributed by atoms with Gasteiger partial charge in [0.1, 0.15) is 23.9 Å². The lowest BCUT2D eigenvalue weighted by molar-refractivity contribution is -0.109. The van der Waals surface area contributed by atoms with E-state index < -0.39 is 6.04 Å². The highest BCUT2D eigenvalue weighted by Gasteiger charge is 2.23. The van der Waals surface area contributed by atoms with Gasteiger partial charge in [0.2, 0.25) is 0 Å². The molecule has 2 aromatic carbocycles. The molecular formula is C26H26N4O2. The average Bonchev–Trinajstić information content (AvgIpc) is 2.83. The number of hydrogen-bond acceptors (Lipinski definition) is 6. The van der Waals surface area contributed by atoms with Gasteiger partial charge in [-0.25, -0.2) is 4.98 Å². The lowest BCUT2D eigenvalue weighted by atomic mass is 9.96. The largest absolute Gasteiger partial charge is 0.497 e. The molecule has 1 aliphatic rings. The van der Waals surface area contributed by atoms with E-state index in [-0.39, 0.29) is 0 Å². The van der Waals surface area contributed by atoms with Crippen LogP contribution in [-0.2, 0) is 4.79 Å². The van der Waals surface area contributed by atoms with Gasteiger partial charge in [0.25, 0.3) is 0 Å². The number of pyridine rings is 1. The van der Waals surface area contributed by atoms with E-state index in [0.29, 0.717) is 11.5 Å². The summed E-state index contributed by atoms with van der Waals surface area (Å²) in [6.45, 7) is 2.07. The van der Waals surface area contributed by atoms with Gasteiger partial charge in [-0.1, -0.05) is 37.6 Å². The molecule has 0 saturated heterocycles. The highest BCUT2D eigenvalue weighted by atomic mass is 16.5. The Morgan fingerprint density at radius 3 is 2.84 bits per heavy atom. The molecule has 3 N–H and O–H groups in total. The predicted molar refractivity (Wildman–Crippen MR) is 129 cm³/mol. The number of nitrogens with zero attached hydrogens (tertiary/aromatic N) is 1. The summed E-state index contributed by atoms with van der Waals surface area (Å²) in [6.07, 6.45) is 6.28. The van der Waals surface area contributed by atoms with Crippen molar-refractivity contribution in [3.63, 3.8) is 0 Å². The minimum absolute atomic E-state index is 0.492. The summed E-state index contributed by atoms with van der Waals surface area (Å²) in [5.74, 6) is 1.33. The molecule has 1 aromatic heterocycles. The summed E-state index contributed by atoms with van der Waals surface area (Å²) in [4.78, 5) is 16.7. The molecular weight excluding hydrogens is 400 g/mol. The maximum atomic E-state index is 11.8. The number of fused-ring (bicyclic) bond motifs is 1. The molecule has 1 aliphatic heterocycles. The molecule has 0 amide bonds. The van der Waals surface area contributed by atoms with Crippen LogP contribution >= 0.6 is 0 Å². The number of rotatable bonds is 8.